The predicted molar refractivity (Wildman–Crippen MR) is 89.6 cm³/mol. The molecular formula is C16H26N4OS. The van der Waals surface area contributed by atoms with Gasteiger partial charge in [-0.25, -0.2) is 4.98 Å². The number of carbonyl (C=O) groups is 1. The first-order valence-electron chi connectivity index (χ1n) is 8.39. The van der Waals surface area contributed by atoms with E-state index >= 15 is 0 Å². The van der Waals surface area contributed by atoms with E-state index in [1.54, 1.807) is 11.3 Å². The summed E-state index contributed by atoms with van der Waals surface area (Å²) in [6.07, 6.45) is 3.16. The summed E-state index contributed by atoms with van der Waals surface area (Å²) in [5.74, 6) is 0.190. The SMILES string of the molecule is CCCc1nc(C)c(C(=O)N2CCC(N3CCNCC3)C2)s1. The van der Waals surface area contributed by atoms with Crippen molar-refractivity contribution >= 4 is 17.2 Å². The van der Waals surface area contributed by atoms with Crippen LogP contribution in [0.3, 0.4) is 0 Å². The summed E-state index contributed by atoms with van der Waals surface area (Å²) in [6, 6.07) is 0.536. The molecule has 3 rings (SSSR count). The number of likely N-dealkylation sites (tertiary alicyclic amines) is 1. The molecule has 0 radical (unpaired) electrons. The second kappa shape index (κ2) is 7.06. The number of hydrogen-bond acceptors (Lipinski definition) is 5. The first-order chi connectivity index (χ1) is 10.7. The summed E-state index contributed by atoms with van der Waals surface area (Å²) in [5, 5.41) is 4.49. The van der Waals surface area contributed by atoms with Crippen LogP contribution in [0, 0.1) is 6.92 Å². The highest BCUT2D eigenvalue weighted by atomic mass is 32.1. The van der Waals surface area contributed by atoms with Crippen molar-refractivity contribution in [3.05, 3.63) is 15.6 Å². The number of amides is 1. The van der Waals surface area contributed by atoms with E-state index in [2.05, 4.69) is 22.1 Å². The molecule has 0 bridgehead atoms. The monoisotopic (exact) mass is 322 g/mol. The Hall–Kier alpha value is -0.980. The molecule has 5 nitrogen and oxygen atoms in total. The van der Waals surface area contributed by atoms with Crippen LogP contribution in [-0.2, 0) is 6.42 Å². The lowest BCUT2D eigenvalue weighted by molar-refractivity contribution is 0.0777. The number of carbonyl (C=O) groups excluding carboxylic acids is 1. The van der Waals surface area contributed by atoms with Crippen LogP contribution in [0.15, 0.2) is 0 Å². The Morgan fingerprint density at radius 1 is 1.36 bits per heavy atom. The number of nitrogens with zero attached hydrogens (tertiary/aromatic N) is 3. The fourth-order valence-corrected chi connectivity index (χ4v) is 4.52. The van der Waals surface area contributed by atoms with Crippen molar-refractivity contribution in [2.24, 2.45) is 0 Å². The van der Waals surface area contributed by atoms with Crippen molar-refractivity contribution in [3.63, 3.8) is 0 Å². The van der Waals surface area contributed by atoms with Gasteiger partial charge in [-0.1, -0.05) is 6.92 Å². The van der Waals surface area contributed by atoms with E-state index in [4.69, 9.17) is 0 Å². The van der Waals surface area contributed by atoms with Crippen LogP contribution in [-0.4, -0.2) is 66.0 Å². The van der Waals surface area contributed by atoms with Crippen molar-refractivity contribution in [2.45, 2.75) is 39.2 Å². The van der Waals surface area contributed by atoms with E-state index in [9.17, 15) is 4.79 Å². The van der Waals surface area contributed by atoms with Gasteiger partial charge in [0, 0.05) is 45.3 Å². The minimum atomic E-state index is 0.190. The Kier molecular flexibility index (Phi) is 5.10. The fraction of sp³-hybridized carbons (Fsp3) is 0.750. The molecule has 2 aliphatic rings. The van der Waals surface area contributed by atoms with Crippen LogP contribution < -0.4 is 5.32 Å². The molecule has 0 saturated carbocycles. The Morgan fingerprint density at radius 2 is 2.14 bits per heavy atom. The average molecular weight is 322 g/mol. The van der Waals surface area contributed by atoms with Gasteiger partial charge in [-0.3, -0.25) is 9.69 Å². The summed E-state index contributed by atoms with van der Waals surface area (Å²) in [6.45, 7) is 10.2. The first kappa shape index (κ1) is 15.9. The highest BCUT2D eigenvalue weighted by Gasteiger charge is 2.32. The van der Waals surface area contributed by atoms with Crippen molar-refractivity contribution < 1.29 is 4.79 Å². The minimum Gasteiger partial charge on any atom is -0.336 e. The molecule has 3 heterocycles. The van der Waals surface area contributed by atoms with Gasteiger partial charge >= 0.3 is 0 Å². The van der Waals surface area contributed by atoms with E-state index in [1.807, 2.05) is 11.8 Å². The molecule has 2 fully saturated rings. The molecule has 22 heavy (non-hydrogen) atoms. The van der Waals surface area contributed by atoms with Gasteiger partial charge in [0.1, 0.15) is 4.88 Å². The predicted octanol–water partition coefficient (Wildman–Crippen LogP) is 1.52. The molecule has 1 aromatic rings. The lowest BCUT2D eigenvalue weighted by Crippen LogP contribution is -2.49. The third-order valence-electron chi connectivity index (χ3n) is 4.62. The van der Waals surface area contributed by atoms with E-state index in [0.29, 0.717) is 6.04 Å². The third kappa shape index (κ3) is 3.34. The molecule has 0 aromatic carbocycles. The van der Waals surface area contributed by atoms with Crippen molar-refractivity contribution in [2.75, 3.05) is 39.3 Å². The van der Waals surface area contributed by atoms with Crippen molar-refractivity contribution in [1.29, 1.82) is 0 Å². The smallest absolute Gasteiger partial charge is 0.265 e. The van der Waals surface area contributed by atoms with Crippen LogP contribution in [0.25, 0.3) is 0 Å². The van der Waals surface area contributed by atoms with Gasteiger partial charge in [0.15, 0.2) is 0 Å². The minimum absolute atomic E-state index is 0.190. The van der Waals surface area contributed by atoms with Crippen molar-refractivity contribution in [3.8, 4) is 0 Å². The topological polar surface area (TPSA) is 48.5 Å². The number of hydrogen-bond donors (Lipinski definition) is 1. The summed E-state index contributed by atoms with van der Waals surface area (Å²) < 4.78 is 0. The summed E-state index contributed by atoms with van der Waals surface area (Å²) >= 11 is 1.59. The Labute approximate surface area is 136 Å². The van der Waals surface area contributed by atoms with Crippen LogP contribution in [0.2, 0.25) is 0 Å². The average Bonchev–Trinajstić information content (AvgIpc) is 3.15. The molecule has 0 aliphatic carbocycles. The Balaban J connectivity index is 1.63. The van der Waals surface area contributed by atoms with Crippen LogP contribution in [0.1, 0.15) is 40.1 Å². The molecule has 2 aliphatic heterocycles. The van der Waals surface area contributed by atoms with Crippen LogP contribution >= 0.6 is 11.3 Å². The molecule has 2 saturated heterocycles. The Bertz CT molecular complexity index is 524. The number of aryl methyl sites for hydroxylation is 2. The van der Waals surface area contributed by atoms with E-state index in [-0.39, 0.29) is 5.91 Å². The molecule has 1 atom stereocenters. The molecule has 1 unspecified atom stereocenters. The number of nitrogens with one attached hydrogen (secondary N) is 1. The normalized spacial score (nSPS) is 23.2. The summed E-state index contributed by atoms with van der Waals surface area (Å²) in [4.78, 5) is 22.7. The maximum Gasteiger partial charge on any atom is 0.265 e. The second-order valence-electron chi connectivity index (χ2n) is 6.25. The van der Waals surface area contributed by atoms with E-state index < -0.39 is 0 Å². The molecule has 122 valence electrons. The van der Waals surface area contributed by atoms with Gasteiger partial charge in [0.05, 0.1) is 10.7 Å². The maximum atomic E-state index is 12.8. The molecular weight excluding hydrogens is 296 g/mol. The molecule has 1 amide bonds. The van der Waals surface area contributed by atoms with Crippen LogP contribution in [0.4, 0.5) is 0 Å². The highest BCUT2D eigenvalue weighted by molar-refractivity contribution is 7.13. The third-order valence-corrected chi connectivity index (χ3v) is 5.82. The number of aromatic nitrogens is 1. The molecule has 1 aromatic heterocycles. The lowest BCUT2D eigenvalue weighted by Gasteiger charge is -2.32. The van der Waals surface area contributed by atoms with Gasteiger partial charge in [-0.05, 0) is 26.2 Å². The lowest BCUT2D eigenvalue weighted by atomic mass is 10.2. The number of thiazole rings is 1. The zero-order valence-corrected chi connectivity index (χ0v) is 14.4. The largest absolute Gasteiger partial charge is 0.336 e. The quantitative estimate of drug-likeness (QED) is 0.913. The van der Waals surface area contributed by atoms with Crippen molar-refractivity contribution in [1.82, 2.24) is 20.1 Å². The first-order valence-corrected chi connectivity index (χ1v) is 9.21. The molecule has 1 N–H and O–H groups in total. The molecule has 0 spiro atoms. The zero-order chi connectivity index (χ0) is 15.5. The van der Waals surface area contributed by atoms with E-state index in [1.165, 1.54) is 0 Å². The van der Waals surface area contributed by atoms with Gasteiger partial charge < -0.3 is 10.2 Å². The number of piperazine rings is 1. The second-order valence-corrected chi connectivity index (χ2v) is 7.34. The fourth-order valence-electron chi connectivity index (χ4n) is 3.39. The van der Waals surface area contributed by atoms with Gasteiger partial charge in [-0.15, -0.1) is 11.3 Å². The molecule has 6 heteroatoms. The summed E-state index contributed by atoms with van der Waals surface area (Å²) in [5.41, 5.74) is 0.907. The zero-order valence-electron chi connectivity index (χ0n) is 13.6. The van der Waals surface area contributed by atoms with Gasteiger partial charge in [0.2, 0.25) is 0 Å². The summed E-state index contributed by atoms with van der Waals surface area (Å²) in [7, 11) is 0. The maximum absolute atomic E-state index is 12.8. The van der Waals surface area contributed by atoms with E-state index in [0.717, 1.165) is 74.1 Å². The van der Waals surface area contributed by atoms with Gasteiger partial charge in [0.25, 0.3) is 5.91 Å². The highest BCUT2D eigenvalue weighted by Crippen LogP contribution is 2.24. The Morgan fingerprint density at radius 3 is 2.86 bits per heavy atom. The van der Waals surface area contributed by atoms with Gasteiger partial charge in [-0.2, -0.15) is 0 Å². The standard InChI is InChI=1S/C16H26N4OS/c1-3-4-14-18-12(2)15(22-14)16(21)20-8-5-13(11-20)19-9-6-17-7-10-19/h13,17H,3-11H2,1-2H3. The number of rotatable bonds is 4. The van der Waals surface area contributed by atoms with Crippen LogP contribution in [0.5, 0.6) is 0 Å².